The third kappa shape index (κ3) is 3.20. The van der Waals surface area contributed by atoms with Gasteiger partial charge in [0.25, 0.3) is 10.1 Å². The quantitative estimate of drug-likeness (QED) is 0.429. The van der Waals surface area contributed by atoms with Crippen LogP contribution in [-0.2, 0) is 10.1 Å². The molecule has 0 aliphatic heterocycles. The Morgan fingerprint density at radius 1 is 1.25 bits per heavy atom. The van der Waals surface area contributed by atoms with E-state index >= 15 is 0 Å². The molecule has 0 atom stereocenters. The summed E-state index contributed by atoms with van der Waals surface area (Å²) in [6.07, 6.45) is 0. The van der Waals surface area contributed by atoms with Crippen molar-refractivity contribution >= 4 is 10.1 Å². The Labute approximate surface area is 93.1 Å². The molecule has 1 aromatic rings. The van der Waals surface area contributed by atoms with Crippen LogP contribution in [0.15, 0.2) is 29.2 Å². The van der Waals surface area contributed by atoms with Gasteiger partial charge in [-0.3, -0.25) is 4.55 Å². The first-order valence-electron chi connectivity index (χ1n) is 2.73. The minimum Gasteiger partial charge on any atom is -1.00 e. The van der Waals surface area contributed by atoms with Gasteiger partial charge in [-0.25, -0.2) is 4.39 Å². The first kappa shape index (κ1) is 12.1. The van der Waals surface area contributed by atoms with Gasteiger partial charge in [0.2, 0.25) is 0 Å². The van der Waals surface area contributed by atoms with E-state index in [2.05, 4.69) is 0 Å². The Morgan fingerprint density at radius 3 is 2.00 bits per heavy atom. The molecule has 0 spiro atoms. The second-order valence-corrected chi connectivity index (χ2v) is 3.35. The summed E-state index contributed by atoms with van der Waals surface area (Å²) < 4.78 is 41.4. The third-order valence-corrected chi connectivity index (χ3v) is 1.98. The van der Waals surface area contributed by atoms with E-state index in [4.69, 9.17) is 4.55 Å². The van der Waals surface area contributed by atoms with Crippen LogP contribution in [-0.4, -0.2) is 13.0 Å². The van der Waals surface area contributed by atoms with E-state index in [0.29, 0.717) is 0 Å². The van der Waals surface area contributed by atoms with Gasteiger partial charge in [-0.2, -0.15) is 8.42 Å². The number of hydrogen-bond donors (Lipinski definition) is 1. The molecule has 0 amide bonds. The van der Waals surface area contributed by atoms with Gasteiger partial charge in [-0.05, 0) is 24.3 Å². The van der Waals surface area contributed by atoms with Crippen LogP contribution in [0.5, 0.6) is 0 Å². The van der Waals surface area contributed by atoms with Gasteiger partial charge in [0, 0.05) is 0 Å². The van der Waals surface area contributed by atoms with Crippen LogP contribution in [0.1, 0.15) is 1.43 Å². The maximum absolute atomic E-state index is 12.2. The largest absolute Gasteiger partial charge is 1.00 e. The van der Waals surface area contributed by atoms with E-state index in [9.17, 15) is 12.8 Å². The zero-order valence-electron chi connectivity index (χ0n) is 7.36. The summed E-state index contributed by atoms with van der Waals surface area (Å²) in [6, 6.07) is 3.90. The average Bonchev–Trinajstić information content (AvgIpc) is 1.86. The fourth-order valence-corrected chi connectivity index (χ4v) is 1.09. The van der Waals surface area contributed by atoms with E-state index in [1.807, 2.05) is 0 Å². The van der Waals surface area contributed by atoms with Crippen molar-refractivity contribution in [1.82, 2.24) is 0 Å². The SMILES string of the molecule is O=S(=O)(O)c1ccc(F)cc1.[H-].[Na+]. The number of benzene rings is 1. The smallest absolute Gasteiger partial charge is 1.00 e. The standard InChI is InChI=1S/C6H5FO3S.Na.H/c7-5-1-3-6(4-2-5)11(8,9)10;;/h1-4H,(H,8,9,10);;/q;+1;-1. The van der Waals surface area contributed by atoms with Gasteiger partial charge in [-0.1, -0.05) is 0 Å². The maximum Gasteiger partial charge on any atom is 1.00 e. The van der Waals surface area contributed by atoms with Gasteiger partial charge in [0.15, 0.2) is 0 Å². The average molecular weight is 200 g/mol. The molecule has 1 aromatic carbocycles. The summed E-state index contributed by atoms with van der Waals surface area (Å²) in [5.41, 5.74) is 0. The fraction of sp³-hybridized carbons (Fsp3) is 0. The maximum atomic E-state index is 12.2. The number of hydrogen-bond acceptors (Lipinski definition) is 2. The van der Waals surface area contributed by atoms with Gasteiger partial charge < -0.3 is 1.43 Å². The van der Waals surface area contributed by atoms with Gasteiger partial charge in [0.1, 0.15) is 5.82 Å². The van der Waals surface area contributed by atoms with Gasteiger partial charge in [-0.15, -0.1) is 0 Å². The van der Waals surface area contributed by atoms with Crippen molar-refractivity contribution in [3.63, 3.8) is 0 Å². The van der Waals surface area contributed by atoms with Crippen LogP contribution in [0.25, 0.3) is 0 Å². The van der Waals surface area contributed by atoms with Crippen molar-refractivity contribution in [1.29, 1.82) is 0 Å². The van der Waals surface area contributed by atoms with E-state index < -0.39 is 15.9 Å². The third-order valence-electron chi connectivity index (χ3n) is 1.11. The van der Waals surface area contributed by atoms with Crippen LogP contribution in [0.4, 0.5) is 4.39 Å². The predicted octanol–water partition coefficient (Wildman–Crippen LogP) is -1.81. The molecule has 0 aliphatic carbocycles. The Morgan fingerprint density at radius 2 is 1.67 bits per heavy atom. The minimum atomic E-state index is -4.19. The summed E-state index contributed by atoms with van der Waals surface area (Å²) >= 11 is 0. The zero-order chi connectivity index (χ0) is 8.48. The summed E-state index contributed by atoms with van der Waals surface area (Å²) in [5, 5.41) is 0. The first-order chi connectivity index (χ1) is 5.00. The minimum absolute atomic E-state index is 0. The molecule has 0 unspecified atom stereocenters. The number of halogens is 1. The zero-order valence-corrected chi connectivity index (χ0v) is 9.18. The summed E-state index contributed by atoms with van der Waals surface area (Å²) in [6.45, 7) is 0. The summed E-state index contributed by atoms with van der Waals surface area (Å²) in [4.78, 5) is -0.307. The predicted molar refractivity (Wildman–Crippen MR) is 37.3 cm³/mol. The van der Waals surface area contributed by atoms with Gasteiger partial charge >= 0.3 is 29.6 Å². The molecule has 0 saturated carbocycles. The number of rotatable bonds is 1. The molecule has 1 rings (SSSR count). The van der Waals surface area contributed by atoms with Crippen LogP contribution in [0, 0.1) is 5.82 Å². The van der Waals surface area contributed by atoms with Crippen molar-refractivity contribution in [2.75, 3.05) is 0 Å². The molecule has 0 aliphatic rings. The van der Waals surface area contributed by atoms with E-state index in [1.165, 1.54) is 0 Å². The summed E-state index contributed by atoms with van der Waals surface area (Å²) in [5.74, 6) is -0.544. The normalized spacial score (nSPS) is 10.5. The Bertz CT molecular complexity index is 351. The fourth-order valence-electron chi connectivity index (χ4n) is 0.607. The van der Waals surface area contributed by atoms with Crippen molar-refractivity contribution in [3.05, 3.63) is 30.1 Å². The van der Waals surface area contributed by atoms with E-state index in [-0.39, 0.29) is 35.9 Å². The van der Waals surface area contributed by atoms with Crippen molar-refractivity contribution in [2.24, 2.45) is 0 Å². The Hall–Kier alpha value is 0.0600. The molecule has 0 saturated heterocycles. The molecule has 0 aromatic heterocycles. The van der Waals surface area contributed by atoms with Crippen LogP contribution >= 0.6 is 0 Å². The topological polar surface area (TPSA) is 54.4 Å². The molecular weight excluding hydrogens is 194 g/mol. The molecule has 0 fully saturated rings. The van der Waals surface area contributed by atoms with E-state index in [1.54, 1.807) is 0 Å². The van der Waals surface area contributed by atoms with Crippen molar-refractivity contribution in [2.45, 2.75) is 4.90 Å². The monoisotopic (exact) mass is 200 g/mol. The molecule has 1 N–H and O–H groups in total. The molecule has 3 nitrogen and oxygen atoms in total. The molecule has 6 heteroatoms. The summed E-state index contributed by atoms with van der Waals surface area (Å²) in [7, 11) is -4.19. The second-order valence-electron chi connectivity index (χ2n) is 1.93. The molecular formula is C6H6FNaO3S. The molecule has 0 heterocycles. The molecule has 0 bridgehead atoms. The molecule has 12 heavy (non-hydrogen) atoms. The van der Waals surface area contributed by atoms with Crippen molar-refractivity contribution in [3.8, 4) is 0 Å². The van der Waals surface area contributed by atoms with Crippen LogP contribution in [0.3, 0.4) is 0 Å². The molecule has 0 radical (unpaired) electrons. The Kier molecular flexibility index (Phi) is 4.36. The van der Waals surface area contributed by atoms with Crippen LogP contribution < -0.4 is 29.6 Å². The molecule has 62 valence electrons. The first-order valence-corrected chi connectivity index (χ1v) is 4.17. The van der Waals surface area contributed by atoms with E-state index in [0.717, 1.165) is 24.3 Å². The van der Waals surface area contributed by atoms with Crippen LogP contribution in [0.2, 0.25) is 0 Å². The van der Waals surface area contributed by atoms with Crippen molar-refractivity contribution < 1.29 is 48.3 Å². The van der Waals surface area contributed by atoms with Gasteiger partial charge in [0.05, 0.1) is 4.90 Å². The second kappa shape index (κ2) is 4.34. The Balaban J connectivity index is 0.